The highest BCUT2D eigenvalue weighted by molar-refractivity contribution is 7.80. The van der Waals surface area contributed by atoms with Crippen molar-refractivity contribution in [3.05, 3.63) is 118 Å². The molecular weight excluding hydrogens is 551 g/mol. The lowest BCUT2D eigenvalue weighted by Gasteiger charge is -2.27. The standard InChI is InChI=1S/C29H26Cl2N6OS/c30-26-8-4-5-23(28(26)31)19-36(29(39)35-24-6-2-1-3-7-24)14-13-34-27(38)15-25-17-33-20-37(25)18-22-11-9-21(16-32)10-12-22/h1-12,17,20H,13-15,18-19H2,(H,34,38)(H,35,39). The maximum Gasteiger partial charge on any atom is 0.226 e. The summed E-state index contributed by atoms with van der Waals surface area (Å²) in [6.07, 6.45) is 3.57. The number of nitrogens with one attached hydrogen (secondary N) is 2. The van der Waals surface area contributed by atoms with Crippen LogP contribution < -0.4 is 10.6 Å². The molecule has 39 heavy (non-hydrogen) atoms. The number of thiocarbonyl (C=S) groups is 1. The van der Waals surface area contributed by atoms with Crippen molar-refractivity contribution in [2.75, 3.05) is 18.4 Å². The first-order chi connectivity index (χ1) is 18.9. The molecule has 0 atom stereocenters. The van der Waals surface area contributed by atoms with E-state index in [1.54, 1.807) is 30.7 Å². The van der Waals surface area contributed by atoms with Crippen molar-refractivity contribution >= 4 is 52.1 Å². The third-order valence-electron chi connectivity index (χ3n) is 5.99. The smallest absolute Gasteiger partial charge is 0.226 e. The van der Waals surface area contributed by atoms with Crippen LogP contribution in [0, 0.1) is 11.3 Å². The second-order valence-corrected chi connectivity index (χ2v) is 9.95. The van der Waals surface area contributed by atoms with Crippen LogP contribution in [0.15, 0.2) is 85.3 Å². The van der Waals surface area contributed by atoms with Crippen LogP contribution in [0.1, 0.15) is 22.4 Å². The fourth-order valence-electron chi connectivity index (χ4n) is 3.93. The molecule has 0 unspecified atom stereocenters. The van der Waals surface area contributed by atoms with Gasteiger partial charge in [-0.15, -0.1) is 0 Å². The minimum atomic E-state index is -0.126. The van der Waals surface area contributed by atoms with Crippen molar-refractivity contribution in [3.8, 4) is 6.07 Å². The molecule has 0 aliphatic carbocycles. The molecule has 0 aliphatic heterocycles. The maximum absolute atomic E-state index is 12.8. The Hall–Kier alpha value is -3.90. The van der Waals surface area contributed by atoms with Gasteiger partial charge in [-0.25, -0.2) is 4.98 Å². The summed E-state index contributed by atoms with van der Waals surface area (Å²) in [6.45, 7) is 1.81. The van der Waals surface area contributed by atoms with Crippen LogP contribution in [0.5, 0.6) is 0 Å². The number of anilines is 1. The number of rotatable bonds is 10. The minimum Gasteiger partial charge on any atom is -0.354 e. The highest BCUT2D eigenvalue weighted by atomic mass is 35.5. The van der Waals surface area contributed by atoms with Crippen LogP contribution in [0.2, 0.25) is 10.0 Å². The number of nitrogens with zero attached hydrogens (tertiary/aromatic N) is 4. The van der Waals surface area contributed by atoms with Gasteiger partial charge >= 0.3 is 0 Å². The highest BCUT2D eigenvalue weighted by Gasteiger charge is 2.15. The number of carbonyl (C=O) groups is 1. The number of para-hydroxylation sites is 1. The zero-order valence-corrected chi connectivity index (χ0v) is 23.3. The van der Waals surface area contributed by atoms with E-state index in [1.165, 1.54) is 0 Å². The number of nitriles is 1. The summed E-state index contributed by atoms with van der Waals surface area (Å²) >= 11 is 18.4. The molecule has 10 heteroatoms. The van der Waals surface area contributed by atoms with Crippen molar-refractivity contribution in [1.29, 1.82) is 5.26 Å². The van der Waals surface area contributed by atoms with Gasteiger partial charge in [0.25, 0.3) is 0 Å². The summed E-state index contributed by atoms with van der Waals surface area (Å²) in [5, 5.41) is 16.7. The highest BCUT2D eigenvalue weighted by Crippen LogP contribution is 2.26. The van der Waals surface area contributed by atoms with Gasteiger partial charge in [-0.1, -0.05) is 65.7 Å². The molecule has 4 rings (SSSR count). The fourth-order valence-corrected chi connectivity index (χ4v) is 4.58. The maximum atomic E-state index is 12.8. The lowest BCUT2D eigenvalue weighted by molar-refractivity contribution is -0.120. The third kappa shape index (κ3) is 8.04. The predicted molar refractivity (Wildman–Crippen MR) is 159 cm³/mol. The Labute approximate surface area is 243 Å². The molecule has 1 amide bonds. The molecule has 0 aliphatic rings. The van der Waals surface area contributed by atoms with Gasteiger partial charge in [0.05, 0.1) is 34.4 Å². The first-order valence-corrected chi connectivity index (χ1v) is 13.4. The summed E-state index contributed by atoms with van der Waals surface area (Å²) in [7, 11) is 0. The Bertz CT molecular complexity index is 1470. The van der Waals surface area contributed by atoms with Gasteiger partial charge in [-0.3, -0.25) is 4.79 Å². The van der Waals surface area contributed by atoms with E-state index in [2.05, 4.69) is 21.7 Å². The molecule has 0 saturated carbocycles. The molecule has 0 bridgehead atoms. The van der Waals surface area contributed by atoms with Crippen LogP contribution in [-0.2, 0) is 24.3 Å². The monoisotopic (exact) mass is 576 g/mol. The summed E-state index contributed by atoms with van der Waals surface area (Å²) in [4.78, 5) is 19.0. The van der Waals surface area contributed by atoms with Gasteiger partial charge < -0.3 is 20.1 Å². The van der Waals surface area contributed by atoms with Gasteiger partial charge in [0.15, 0.2) is 5.11 Å². The van der Waals surface area contributed by atoms with E-state index in [1.807, 2.05) is 64.1 Å². The zero-order valence-electron chi connectivity index (χ0n) is 21.0. The molecule has 1 aromatic heterocycles. The predicted octanol–water partition coefficient (Wildman–Crippen LogP) is 5.67. The van der Waals surface area contributed by atoms with Crippen molar-refractivity contribution in [3.63, 3.8) is 0 Å². The van der Waals surface area contributed by atoms with E-state index >= 15 is 0 Å². The molecule has 1 heterocycles. The van der Waals surface area contributed by atoms with E-state index in [0.717, 1.165) is 22.5 Å². The van der Waals surface area contributed by atoms with E-state index in [9.17, 15) is 4.79 Å². The average Bonchev–Trinajstić information content (AvgIpc) is 3.37. The van der Waals surface area contributed by atoms with E-state index in [-0.39, 0.29) is 12.3 Å². The molecule has 7 nitrogen and oxygen atoms in total. The van der Waals surface area contributed by atoms with Crippen molar-refractivity contribution in [2.45, 2.75) is 19.5 Å². The first-order valence-electron chi connectivity index (χ1n) is 12.2. The van der Waals surface area contributed by atoms with Gasteiger partial charge in [0.2, 0.25) is 5.91 Å². The lowest BCUT2D eigenvalue weighted by atomic mass is 10.1. The normalized spacial score (nSPS) is 10.5. The number of hydrogen-bond donors (Lipinski definition) is 2. The minimum absolute atomic E-state index is 0.126. The number of imidazole rings is 1. The van der Waals surface area contributed by atoms with Crippen LogP contribution in [0.25, 0.3) is 0 Å². The molecule has 2 N–H and O–H groups in total. The van der Waals surface area contributed by atoms with Crippen molar-refractivity contribution in [1.82, 2.24) is 19.8 Å². The van der Waals surface area contributed by atoms with Crippen LogP contribution in [-0.4, -0.2) is 38.6 Å². The molecule has 0 radical (unpaired) electrons. The van der Waals surface area contributed by atoms with Crippen molar-refractivity contribution in [2.24, 2.45) is 0 Å². The van der Waals surface area contributed by atoms with Gasteiger partial charge in [0, 0.05) is 43.8 Å². The van der Waals surface area contributed by atoms with Gasteiger partial charge in [-0.05, 0) is 53.7 Å². The quantitative estimate of drug-likeness (QED) is 0.237. The van der Waals surface area contributed by atoms with Gasteiger partial charge in [0.1, 0.15) is 0 Å². The summed E-state index contributed by atoms with van der Waals surface area (Å²) in [5.41, 5.74) is 4.11. The topological polar surface area (TPSA) is 86.0 Å². The number of aromatic nitrogens is 2. The van der Waals surface area contributed by atoms with Crippen LogP contribution in [0.3, 0.4) is 0 Å². The van der Waals surface area contributed by atoms with Gasteiger partial charge in [-0.2, -0.15) is 5.26 Å². The Morgan fingerprint density at radius 2 is 1.82 bits per heavy atom. The summed E-state index contributed by atoms with van der Waals surface area (Å²) in [6, 6.07) is 24.6. The largest absolute Gasteiger partial charge is 0.354 e. The SMILES string of the molecule is N#Cc1ccc(Cn2cncc2CC(=O)NCCN(Cc2cccc(Cl)c2Cl)C(=S)Nc2ccccc2)cc1. The number of benzene rings is 3. The number of halogens is 2. The summed E-state index contributed by atoms with van der Waals surface area (Å²) in [5.74, 6) is -0.126. The van der Waals surface area contributed by atoms with E-state index in [0.29, 0.717) is 46.9 Å². The number of carbonyl (C=O) groups excluding carboxylic acids is 1. The molecular formula is C29H26Cl2N6OS. The molecule has 198 valence electrons. The second kappa shape index (κ2) is 13.8. The Kier molecular flexibility index (Phi) is 9.92. The first kappa shape index (κ1) is 28.1. The van der Waals surface area contributed by atoms with Crippen LogP contribution in [0.4, 0.5) is 5.69 Å². The molecule has 0 spiro atoms. The number of hydrogen-bond acceptors (Lipinski definition) is 4. The number of amides is 1. The Morgan fingerprint density at radius 3 is 2.56 bits per heavy atom. The Morgan fingerprint density at radius 1 is 1.05 bits per heavy atom. The van der Waals surface area contributed by atoms with Crippen molar-refractivity contribution < 1.29 is 4.79 Å². The Balaban J connectivity index is 1.36. The van der Waals surface area contributed by atoms with Crippen LogP contribution >= 0.6 is 35.4 Å². The van der Waals surface area contributed by atoms with E-state index < -0.39 is 0 Å². The fraction of sp³-hybridized carbons (Fsp3) is 0.172. The molecule has 4 aromatic rings. The lowest BCUT2D eigenvalue weighted by Crippen LogP contribution is -2.40. The second-order valence-electron chi connectivity index (χ2n) is 8.78. The molecule has 0 fully saturated rings. The average molecular weight is 578 g/mol. The third-order valence-corrected chi connectivity index (χ3v) is 7.20. The zero-order chi connectivity index (χ0) is 27.6. The molecule has 0 saturated heterocycles. The molecule has 3 aromatic carbocycles. The van der Waals surface area contributed by atoms with E-state index in [4.69, 9.17) is 40.7 Å². The summed E-state index contributed by atoms with van der Waals surface area (Å²) < 4.78 is 1.92.